The monoisotopic (exact) mass is 242 g/mol. The van der Waals surface area contributed by atoms with Gasteiger partial charge in [-0.15, -0.1) is 0 Å². The van der Waals surface area contributed by atoms with Gasteiger partial charge in [-0.1, -0.05) is 12.6 Å². The molecule has 5 heteroatoms. The highest BCUT2D eigenvalue weighted by Crippen LogP contribution is 2.05. The average molecular weight is 242 g/mol. The number of nitrogens with one attached hydrogen (secondary N) is 1. The molecule has 5 nitrogen and oxygen atoms in total. The Morgan fingerprint density at radius 2 is 2.33 bits per heavy atom. The van der Waals surface area contributed by atoms with Crippen molar-refractivity contribution in [2.24, 2.45) is 0 Å². The third kappa shape index (κ3) is 2.82. The van der Waals surface area contributed by atoms with E-state index in [1.165, 1.54) is 6.08 Å². The molecule has 0 spiro atoms. The van der Waals surface area contributed by atoms with Gasteiger partial charge in [0.25, 0.3) is 0 Å². The Morgan fingerprint density at radius 3 is 2.89 bits per heavy atom. The normalized spacial score (nSPS) is 10.1. The van der Waals surface area contributed by atoms with Crippen LogP contribution in [0, 0.1) is 6.92 Å². The van der Waals surface area contributed by atoms with E-state index in [4.69, 9.17) is 0 Å². The van der Waals surface area contributed by atoms with Crippen molar-refractivity contribution in [3.63, 3.8) is 0 Å². The van der Waals surface area contributed by atoms with Crippen molar-refractivity contribution in [2.45, 2.75) is 13.5 Å². The van der Waals surface area contributed by atoms with E-state index >= 15 is 0 Å². The van der Waals surface area contributed by atoms with Crippen molar-refractivity contribution in [1.29, 1.82) is 0 Å². The van der Waals surface area contributed by atoms with Crippen LogP contribution in [0.25, 0.3) is 5.82 Å². The van der Waals surface area contributed by atoms with E-state index in [2.05, 4.69) is 22.0 Å². The quantitative estimate of drug-likeness (QED) is 0.824. The number of aryl methyl sites for hydroxylation is 1. The fraction of sp³-hybridized carbons (Fsp3) is 0.154. The minimum atomic E-state index is -0.193. The molecule has 0 fully saturated rings. The number of pyridine rings is 1. The summed E-state index contributed by atoms with van der Waals surface area (Å²) in [6, 6.07) is 5.68. The number of carbonyl (C=O) groups is 1. The van der Waals surface area contributed by atoms with Crippen LogP contribution in [-0.4, -0.2) is 20.7 Å². The topological polar surface area (TPSA) is 59.8 Å². The van der Waals surface area contributed by atoms with Crippen molar-refractivity contribution >= 4 is 5.91 Å². The third-order valence-corrected chi connectivity index (χ3v) is 2.42. The van der Waals surface area contributed by atoms with Gasteiger partial charge >= 0.3 is 0 Å². The van der Waals surface area contributed by atoms with Gasteiger partial charge in [0.2, 0.25) is 5.91 Å². The van der Waals surface area contributed by atoms with Crippen LogP contribution in [-0.2, 0) is 11.3 Å². The average Bonchev–Trinajstić information content (AvgIpc) is 2.83. The van der Waals surface area contributed by atoms with Crippen LogP contribution in [0.15, 0.2) is 43.2 Å². The molecule has 92 valence electrons. The van der Waals surface area contributed by atoms with Crippen molar-refractivity contribution in [2.75, 3.05) is 0 Å². The van der Waals surface area contributed by atoms with Gasteiger partial charge < -0.3 is 5.32 Å². The number of aromatic nitrogens is 3. The second kappa shape index (κ2) is 5.27. The highest BCUT2D eigenvalue weighted by atomic mass is 16.1. The number of hydrogen-bond donors (Lipinski definition) is 1. The largest absolute Gasteiger partial charge is 0.348 e. The summed E-state index contributed by atoms with van der Waals surface area (Å²) in [5.41, 5.74) is 1.87. The SMILES string of the molecule is C=CC(=O)NCc1ccc(-n2ccc(C)n2)nc1. The molecule has 2 aromatic heterocycles. The predicted molar refractivity (Wildman–Crippen MR) is 68.1 cm³/mol. The summed E-state index contributed by atoms with van der Waals surface area (Å²) in [5.74, 6) is 0.559. The zero-order chi connectivity index (χ0) is 13.0. The summed E-state index contributed by atoms with van der Waals surface area (Å²) < 4.78 is 1.71. The highest BCUT2D eigenvalue weighted by molar-refractivity contribution is 5.86. The van der Waals surface area contributed by atoms with Crippen LogP contribution >= 0.6 is 0 Å². The molecule has 0 bridgehead atoms. The Labute approximate surface area is 105 Å². The molecule has 2 heterocycles. The molecule has 0 saturated carbocycles. The van der Waals surface area contributed by atoms with Gasteiger partial charge in [0.1, 0.15) is 0 Å². The van der Waals surface area contributed by atoms with Crippen LogP contribution in [0.2, 0.25) is 0 Å². The zero-order valence-corrected chi connectivity index (χ0v) is 10.1. The molecule has 0 saturated heterocycles. The maximum atomic E-state index is 11.0. The van der Waals surface area contributed by atoms with Crippen LogP contribution in [0.4, 0.5) is 0 Å². The van der Waals surface area contributed by atoms with E-state index in [0.717, 1.165) is 17.1 Å². The maximum absolute atomic E-state index is 11.0. The van der Waals surface area contributed by atoms with E-state index in [1.54, 1.807) is 10.9 Å². The van der Waals surface area contributed by atoms with Gasteiger partial charge in [-0.2, -0.15) is 5.10 Å². The highest BCUT2D eigenvalue weighted by Gasteiger charge is 2.01. The lowest BCUT2D eigenvalue weighted by atomic mass is 10.3. The molecular weight excluding hydrogens is 228 g/mol. The van der Waals surface area contributed by atoms with Crippen LogP contribution < -0.4 is 5.32 Å². The second-order valence-electron chi connectivity index (χ2n) is 3.85. The second-order valence-corrected chi connectivity index (χ2v) is 3.85. The van der Waals surface area contributed by atoms with Crippen molar-refractivity contribution in [3.05, 3.63) is 54.5 Å². The fourth-order valence-electron chi connectivity index (χ4n) is 1.46. The maximum Gasteiger partial charge on any atom is 0.243 e. The molecule has 1 N–H and O–H groups in total. The smallest absolute Gasteiger partial charge is 0.243 e. The van der Waals surface area contributed by atoms with E-state index in [1.807, 2.05) is 31.3 Å². The summed E-state index contributed by atoms with van der Waals surface area (Å²) >= 11 is 0. The fourth-order valence-corrected chi connectivity index (χ4v) is 1.46. The number of hydrogen-bond acceptors (Lipinski definition) is 3. The number of rotatable bonds is 4. The first kappa shape index (κ1) is 12.0. The predicted octanol–water partition coefficient (Wildman–Crippen LogP) is 1.38. The summed E-state index contributed by atoms with van der Waals surface area (Å²) in [7, 11) is 0. The summed E-state index contributed by atoms with van der Waals surface area (Å²) in [6.07, 6.45) is 4.82. The molecule has 0 aliphatic heterocycles. The summed E-state index contributed by atoms with van der Waals surface area (Å²) in [4.78, 5) is 15.3. The summed E-state index contributed by atoms with van der Waals surface area (Å²) in [5, 5.41) is 6.96. The first-order valence-electron chi connectivity index (χ1n) is 5.57. The molecule has 2 rings (SSSR count). The third-order valence-electron chi connectivity index (χ3n) is 2.42. The van der Waals surface area contributed by atoms with Crippen molar-refractivity contribution < 1.29 is 4.79 Å². The number of amides is 1. The molecular formula is C13H14N4O. The molecule has 0 unspecified atom stereocenters. The molecule has 0 radical (unpaired) electrons. The standard InChI is InChI=1S/C13H14N4O/c1-3-13(18)15-9-11-4-5-12(14-8-11)17-7-6-10(2)16-17/h3-8H,1,9H2,2H3,(H,15,18). The lowest BCUT2D eigenvalue weighted by Crippen LogP contribution is -2.20. The molecule has 0 atom stereocenters. The van der Waals surface area contributed by atoms with Crippen molar-refractivity contribution in [1.82, 2.24) is 20.1 Å². The van der Waals surface area contributed by atoms with Gasteiger partial charge in [0.05, 0.1) is 5.69 Å². The minimum Gasteiger partial charge on any atom is -0.348 e. The van der Waals surface area contributed by atoms with Gasteiger partial charge in [0, 0.05) is 18.9 Å². The number of nitrogens with zero attached hydrogens (tertiary/aromatic N) is 3. The van der Waals surface area contributed by atoms with E-state index in [9.17, 15) is 4.79 Å². The summed E-state index contributed by atoms with van der Waals surface area (Å²) in [6.45, 7) is 5.76. The first-order valence-corrected chi connectivity index (χ1v) is 5.57. The molecule has 18 heavy (non-hydrogen) atoms. The van der Waals surface area contributed by atoms with E-state index in [-0.39, 0.29) is 5.91 Å². The molecule has 0 aliphatic rings. The Morgan fingerprint density at radius 1 is 1.50 bits per heavy atom. The molecule has 0 aromatic carbocycles. The van der Waals surface area contributed by atoms with Gasteiger partial charge in [-0.05, 0) is 30.7 Å². The van der Waals surface area contributed by atoms with E-state index < -0.39 is 0 Å². The van der Waals surface area contributed by atoms with Crippen LogP contribution in [0.5, 0.6) is 0 Å². The Bertz CT molecular complexity index is 557. The number of carbonyl (C=O) groups excluding carboxylic acids is 1. The van der Waals surface area contributed by atoms with Crippen molar-refractivity contribution in [3.8, 4) is 5.82 Å². The van der Waals surface area contributed by atoms with Gasteiger partial charge in [-0.3, -0.25) is 4.79 Å². The molecule has 1 amide bonds. The molecule has 2 aromatic rings. The van der Waals surface area contributed by atoms with Crippen LogP contribution in [0.3, 0.4) is 0 Å². The lowest BCUT2D eigenvalue weighted by molar-refractivity contribution is -0.116. The van der Waals surface area contributed by atoms with Gasteiger partial charge in [0.15, 0.2) is 5.82 Å². The first-order chi connectivity index (χ1) is 8.69. The van der Waals surface area contributed by atoms with Crippen LogP contribution in [0.1, 0.15) is 11.3 Å². The Hall–Kier alpha value is -2.43. The lowest BCUT2D eigenvalue weighted by Gasteiger charge is -2.04. The van der Waals surface area contributed by atoms with Gasteiger partial charge in [-0.25, -0.2) is 9.67 Å². The van der Waals surface area contributed by atoms with E-state index in [0.29, 0.717) is 6.54 Å². The Kier molecular flexibility index (Phi) is 3.52. The Balaban J connectivity index is 2.06. The zero-order valence-electron chi connectivity index (χ0n) is 10.1. The minimum absolute atomic E-state index is 0.193. The molecule has 0 aliphatic carbocycles.